The zero-order valence-corrected chi connectivity index (χ0v) is 16.4. The predicted molar refractivity (Wildman–Crippen MR) is 111 cm³/mol. The lowest BCUT2D eigenvalue weighted by atomic mass is 10.2. The van der Waals surface area contributed by atoms with Crippen LogP contribution >= 0.6 is 0 Å². The van der Waals surface area contributed by atoms with Gasteiger partial charge < -0.3 is 10.6 Å². The molecule has 3 rings (SSSR count). The van der Waals surface area contributed by atoms with Crippen LogP contribution in [-0.2, 0) is 10.0 Å². The van der Waals surface area contributed by atoms with Crippen LogP contribution in [0.1, 0.15) is 10.4 Å². The molecule has 0 aliphatic carbocycles. The Morgan fingerprint density at radius 2 is 1.29 bits per heavy atom. The van der Waals surface area contributed by atoms with Gasteiger partial charge in [0.15, 0.2) is 0 Å². The molecular formula is C21H21N3O3S. The highest BCUT2D eigenvalue weighted by Gasteiger charge is 2.17. The summed E-state index contributed by atoms with van der Waals surface area (Å²) in [5, 5.41) is 6.08. The van der Waals surface area contributed by atoms with Crippen molar-refractivity contribution in [2.45, 2.75) is 4.90 Å². The maximum Gasteiger partial charge on any atom is 0.255 e. The highest BCUT2D eigenvalue weighted by Crippen LogP contribution is 2.20. The molecule has 0 fully saturated rings. The van der Waals surface area contributed by atoms with Gasteiger partial charge >= 0.3 is 0 Å². The van der Waals surface area contributed by atoms with Crippen LogP contribution in [0, 0.1) is 0 Å². The second-order valence-electron chi connectivity index (χ2n) is 6.33. The van der Waals surface area contributed by atoms with Gasteiger partial charge in [-0.1, -0.05) is 18.2 Å². The number of carbonyl (C=O) groups is 1. The number of para-hydroxylation sites is 1. The van der Waals surface area contributed by atoms with Crippen molar-refractivity contribution in [2.75, 3.05) is 24.7 Å². The van der Waals surface area contributed by atoms with Gasteiger partial charge in [-0.3, -0.25) is 4.79 Å². The molecule has 0 atom stereocenters. The lowest BCUT2D eigenvalue weighted by Crippen LogP contribution is -2.22. The summed E-state index contributed by atoms with van der Waals surface area (Å²) in [7, 11) is -0.585. The average Bonchev–Trinajstić information content (AvgIpc) is 2.70. The average molecular weight is 395 g/mol. The molecule has 0 radical (unpaired) electrons. The molecule has 0 aromatic heterocycles. The van der Waals surface area contributed by atoms with Gasteiger partial charge in [-0.05, 0) is 60.7 Å². The van der Waals surface area contributed by atoms with E-state index >= 15 is 0 Å². The number of nitrogens with one attached hydrogen (secondary N) is 2. The third-order valence-electron chi connectivity index (χ3n) is 4.10. The zero-order valence-electron chi connectivity index (χ0n) is 15.6. The first kappa shape index (κ1) is 19.6. The van der Waals surface area contributed by atoms with Crippen molar-refractivity contribution in [1.82, 2.24) is 4.31 Å². The van der Waals surface area contributed by atoms with Gasteiger partial charge in [0.05, 0.1) is 4.90 Å². The molecule has 6 nitrogen and oxygen atoms in total. The molecule has 0 spiro atoms. The van der Waals surface area contributed by atoms with E-state index in [9.17, 15) is 13.2 Å². The summed E-state index contributed by atoms with van der Waals surface area (Å²) in [4.78, 5) is 12.5. The number of sulfonamides is 1. The van der Waals surface area contributed by atoms with Crippen LogP contribution in [-0.4, -0.2) is 32.7 Å². The van der Waals surface area contributed by atoms with E-state index in [0.29, 0.717) is 11.3 Å². The molecule has 28 heavy (non-hydrogen) atoms. The number of amides is 1. The lowest BCUT2D eigenvalue weighted by molar-refractivity contribution is 0.102. The fourth-order valence-corrected chi connectivity index (χ4v) is 3.42. The Kier molecular flexibility index (Phi) is 5.77. The van der Waals surface area contributed by atoms with E-state index in [-0.39, 0.29) is 10.8 Å². The molecule has 0 bridgehead atoms. The smallest absolute Gasteiger partial charge is 0.255 e. The molecule has 1 amide bonds. The van der Waals surface area contributed by atoms with E-state index < -0.39 is 10.0 Å². The number of hydrogen-bond acceptors (Lipinski definition) is 4. The number of nitrogens with zero attached hydrogens (tertiary/aromatic N) is 1. The second-order valence-corrected chi connectivity index (χ2v) is 8.49. The molecule has 0 unspecified atom stereocenters. The van der Waals surface area contributed by atoms with E-state index in [4.69, 9.17) is 0 Å². The van der Waals surface area contributed by atoms with Crippen molar-refractivity contribution in [3.8, 4) is 0 Å². The maximum atomic E-state index is 12.4. The van der Waals surface area contributed by atoms with Crippen LogP contribution < -0.4 is 10.6 Å². The number of anilines is 3. The number of rotatable bonds is 6. The normalized spacial score (nSPS) is 11.2. The summed E-state index contributed by atoms with van der Waals surface area (Å²) >= 11 is 0. The Hall–Kier alpha value is -3.16. The predicted octanol–water partition coefficient (Wildman–Crippen LogP) is 3.93. The monoisotopic (exact) mass is 395 g/mol. The third-order valence-corrected chi connectivity index (χ3v) is 5.93. The lowest BCUT2D eigenvalue weighted by Gasteiger charge is -2.12. The minimum atomic E-state index is -3.51. The molecule has 3 aromatic rings. The van der Waals surface area contributed by atoms with Crippen molar-refractivity contribution in [3.63, 3.8) is 0 Å². The molecular weight excluding hydrogens is 374 g/mol. The molecule has 0 aliphatic rings. The van der Waals surface area contributed by atoms with Crippen molar-refractivity contribution < 1.29 is 13.2 Å². The quantitative estimate of drug-likeness (QED) is 0.663. The van der Waals surface area contributed by atoms with E-state index in [1.807, 2.05) is 42.5 Å². The van der Waals surface area contributed by atoms with Crippen LogP contribution in [0.5, 0.6) is 0 Å². The molecule has 144 valence electrons. The minimum absolute atomic E-state index is 0.144. The largest absolute Gasteiger partial charge is 0.356 e. The first-order valence-corrected chi connectivity index (χ1v) is 10.1. The topological polar surface area (TPSA) is 78.5 Å². The number of hydrogen-bond donors (Lipinski definition) is 2. The Morgan fingerprint density at radius 1 is 0.750 bits per heavy atom. The van der Waals surface area contributed by atoms with Gasteiger partial charge in [-0.15, -0.1) is 0 Å². The van der Waals surface area contributed by atoms with E-state index in [2.05, 4.69) is 10.6 Å². The fraction of sp³-hybridized carbons (Fsp3) is 0.0952. The van der Waals surface area contributed by atoms with Crippen molar-refractivity contribution in [2.24, 2.45) is 0 Å². The van der Waals surface area contributed by atoms with E-state index in [1.165, 1.54) is 38.4 Å². The van der Waals surface area contributed by atoms with E-state index in [1.54, 1.807) is 12.1 Å². The van der Waals surface area contributed by atoms with Crippen LogP contribution in [0.4, 0.5) is 17.1 Å². The summed E-state index contributed by atoms with van der Waals surface area (Å²) in [6.07, 6.45) is 0. The van der Waals surface area contributed by atoms with Crippen LogP contribution in [0.2, 0.25) is 0 Å². The summed E-state index contributed by atoms with van der Waals surface area (Å²) < 4.78 is 25.3. The van der Waals surface area contributed by atoms with E-state index in [0.717, 1.165) is 15.7 Å². The van der Waals surface area contributed by atoms with Crippen LogP contribution in [0.15, 0.2) is 83.8 Å². The Labute approximate surface area is 164 Å². The summed E-state index contributed by atoms with van der Waals surface area (Å²) in [6, 6.07) is 23.0. The fourth-order valence-electron chi connectivity index (χ4n) is 2.52. The molecule has 7 heteroatoms. The number of carbonyl (C=O) groups excluding carboxylic acids is 1. The molecule has 0 saturated heterocycles. The highest BCUT2D eigenvalue weighted by molar-refractivity contribution is 7.89. The van der Waals surface area contributed by atoms with Gasteiger partial charge in [-0.25, -0.2) is 12.7 Å². The SMILES string of the molecule is CN(C)S(=O)(=O)c1ccc(C(=O)Nc2ccc(Nc3ccccc3)cc2)cc1. The van der Waals surface area contributed by atoms with Crippen molar-refractivity contribution in [3.05, 3.63) is 84.4 Å². The number of benzene rings is 3. The van der Waals surface area contributed by atoms with Gasteiger partial charge in [-0.2, -0.15) is 0 Å². The summed E-state index contributed by atoms with van der Waals surface area (Å²) in [5.74, 6) is -0.308. The molecule has 2 N–H and O–H groups in total. The molecule has 0 heterocycles. The van der Waals surface area contributed by atoms with Crippen molar-refractivity contribution in [1.29, 1.82) is 0 Å². The van der Waals surface area contributed by atoms with Crippen LogP contribution in [0.25, 0.3) is 0 Å². The van der Waals surface area contributed by atoms with Gasteiger partial charge in [0.1, 0.15) is 0 Å². The Morgan fingerprint density at radius 3 is 1.86 bits per heavy atom. The first-order chi connectivity index (χ1) is 13.4. The minimum Gasteiger partial charge on any atom is -0.356 e. The Bertz CT molecular complexity index is 1050. The molecule has 0 aliphatic heterocycles. The molecule has 3 aromatic carbocycles. The van der Waals surface area contributed by atoms with Gasteiger partial charge in [0, 0.05) is 36.7 Å². The summed E-state index contributed by atoms with van der Waals surface area (Å²) in [5.41, 5.74) is 2.91. The third kappa shape index (κ3) is 4.57. The first-order valence-electron chi connectivity index (χ1n) is 8.62. The Balaban J connectivity index is 1.66. The van der Waals surface area contributed by atoms with Crippen LogP contribution in [0.3, 0.4) is 0 Å². The maximum absolute atomic E-state index is 12.4. The molecule has 0 saturated carbocycles. The van der Waals surface area contributed by atoms with Gasteiger partial charge in [0.25, 0.3) is 5.91 Å². The van der Waals surface area contributed by atoms with Gasteiger partial charge in [0.2, 0.25) is 10.0 Å². The van der Waals surface area contributed by atoms with Crippen molar-refractivity contribution >= 4 is 33.0 Å². The standard InChI is InChI=1S/C21H21N3O3S/c1-24(2)28(26,27)20-14-8-16(9-15-20)21(25)23-19-12-10-18(11-13-19)22-17-6-4-3-5-7-17/h3-15,22H,1-2H3,(H,23,25). The highest BCUT2D eigenvalue weighted by atomic mass is 32.2. The summed E-state index contributed by atoms with van der Waals surface area (Å²) in [6.45, 7) is 0. The zero-order chi connectivity index (χ0) is 20.1. The second kappa shape index (κ2) is 8.24.